The highest BCUT2D eigenvalue weighted by Gasteiger charge is 2.15. The molecule has 3 aromatic rings. The minimum Gasteiger partial charge on any atom is -0.496 e. The van der Waals surface area contributed by atoms with E-state index in [1.165, 1.54) is 5.56 Å². The van der Waals surface area contributed by atoms with Crippen LogP contribution in [0, 0.1) is 6.92 Å². The topological polar surface area (TPSA) is 82.2 Å². The van der Waals surface area contributed by atoms with Gasteiger partial charge in [-0.2, -0.15) is 0 Å². The van der Waals surface area contributed by atoms with Crippen LogP contribution in [-0.2, 0) is 24.2 Å². The van der Waals surface area contributed by atoms with Gasteiger partial charge in [0.25, 0.3) is 0 Å². The van der Waals surface area contributed by atoms with Gasteiger partial charge in [-0.3, -0.25) is 4.79 Å². The number of nitrogens with one attached hydrogen (secondary N) is 1. The molecule has 3 N–H and O–H groups in total. The first-order valence-electron chi connectivity index (χ1n) is 9.76. The Bertz CT molecular complexity index is 948. The summed E-state index contributed by atoms with van der Waals surface area (Å²) < 4.78 is 7.34. The lowest BCUT2D eigenvalue weighted by atomic mass is 10.1. The van der Waals surface area contributed by atoms with Crippen LogP contribution < -0.4 is 15.8 Å². The van der Waals surface area contributed by atoms with Crippen LogP contribution >= 0.6 is 24.8 Å². The summed E-state index contributed by atoms with van der Waals surface area (Å²) in [6.45, 7) is 3.28. The molecule has 1 heterocycles. The van der Waals surface area contributed by atoms with E-state index in [1.807, 2.05) is 54.1 Å². The predicted molar refractivity (Wildman–Crippen MR) is 128 cm³/mol. The van der Waals surface area contributed by atoms with E-state index in [9.17, 15) is 4.79 Å². The number of methoxy groups -OCH3 is 1. The van der Waals surface area contributed by atoms with Crippen LogP contribution in [0.25, 0.3) is 0 Å². The number of carbonyl (C=O) groups is 1. The number of nitrogens with two attached hydrogens (primary N) is 1. The second kappa shape index (κ2) is 13.0. The number of benzene rings is 2. The monoisotopic (exact) mass is 464 g/mol. The van der Waals surface area contributed by atoms with E-state index in [0.29, 0.717) is 13.0 Å². The van der Waals surface area contributed by atoms with E-state index in [4.69, 9.17) is 10.5 Å². The largest absolute Gasteiger partial charge is 0.496 e. The fraction of sp³-hybridized carbons (Fsp3) is 0.304. The number of carbonyl (C=O) groups excluding carboxylic acids is 1. The summed E-state index contributed by atoms with van der Waals surface area (Å²) in [6.07, 6.45) is 4.85. The van der Waals surface area contributed by atoms with Gasteiger partial charge in [-0.25, -0.2) is 4.98 Å². The SMILES string of the molecule is COc1cc(CCNC(=O)[C@@H](N)Cc2cn(Cc3ccccc3)cn2)ccc1C.Cl.Cl. The minimum absolute atomic E-state index is 0. The zero-order valence-electron chi connectivity index (χ0n) is 17.8. The summed E-state index contributed by atoms with van der Waals surface area (Å²) in [6, 6.07) is 15.6. The minimum atomic E-state index is -0.623. The van der Waals surface area contributed by atoms with Crippen LogP contribution in [0.4, 0.5) is 0 Å². The molecule has 0 saturated carbocycles. The van der Waals surface area contributed by atoms with Gasteiger partial charge in [-0.1, -0.05) is 42.5 Å². The quantitative estimate of drug-likeness (QED) is 0.508. The third kappa shape index (κ3) is 7.90. The van der Waals surface area contributed by atoms with E-state index < -0.39 is 6.04 Å². The van der Waals surface area contributed by atoms with Gasteiger partial charge in [-0.15, -0.1) is 24.8 Å². The molecule has 1 amide bonds. The predicted octanol–water partition coefficient (Wildman–Crippen LogP) is 3.32. The first kappa shape index (κ1) is 26.5. The molecule has 0 aliphatic rings. The first-order valence-corrected chi connectivity index (χ1v) is 9.76. The molecule has 8 heteroatoms. The number of aryl methyl sites for hydroxylation is 1. The van der Waals surface area contributed by atoms with Crippen molar-refractivity contribution in [1.29, 1.82) is 0 Å². The Morgan fingerprint density at radius 3 is 2.61 bits per heavy atom. The van der Waals surface area contributed by atoms with Crippen LogP contribution in [0.15, 0.2) is 61.1 Å². The van der Waals surface area contributed by atoms with E-state index in [-0.39, 0.29) is 30.7 Å². The van der Waals surface area contributed by atoms with Crippen molar-refractivity contribution in [3.8, 4) is 5.75 Å². The zero-order chi connectivity index (χ0) is 20.6. The third-order valence-electron chi connectivity index (χ3n) is 4.85. The molecular weight excluding hydrogens is 435 g/mol. The fourth-order valence-electron chi connectivity index (χ4n) is 3.19. The molecule has 0 aliphatic carbocycles. The molecule has 0 unspecified atom stereocenters. The average Bonchev–Trinajstić information content (AvgIpc) is 3.16. The van der Waals surface area contributed by atoms with Crippen LogP contribution in [0.2, 0.25) is 0 Å². The number of hydrogen-bond acceptors (Lipinski definition) is 4. The Balaban J connectivity index is 0.00000240. The highest BCUT2D eigenvalue weighted by molar-refractivity contribution is 5.85. The molecular formula is C23H30Cl2N4O2. The lowest BCUT2D eigenvalue weighted by Crippen LogP contribution is -2.42. The van der Waals surface area contributed by atoms with E-state index in [2.05, 4.69) is 22.4 Å². The number of ether oxygens (including phenoxy) is 1. The van der Waals surface area contributed by atoms with Crippen molar-refractivity contribution in [2.45, 2.75) is 32.4 Å². The van der Waals surface area contributed by atoms with Crippen LogP contribution in [0.1, 0.15) is 22.4 Å². The van der Waals surface area contributed by atoms with Crippen molar-refractivity contribution >= 4 is 30.7 Å². The highest BCUT2D eigenvalue weighted by Crippen LogP contribution is 2.19. The van der Waals surface area contributed by atoms with E-state index in [0.717, 1.165) is 35.5 Å². The highest BCUT2D eigenvalue weighted by atomic mass is 35.5. The van der Waals surface area contributed by atoms with Gasteiger partial charge < -0.3 is 20.4 Å². The fourth-order valence-corrected chi connectivity index (χ4v) is 3.19. The molecule has 6 nitrogen and oxygen atoms in total. The number of aromatic nitrogens is 2. The van der Waals surface area contributed by atoms with Gasteiger partial charge >= 0.3 is 0 Å². The number of halogens is 2. The van der Waals surface area contributed by atoms with Crippen LogP contribution in [0.3, 0.4) is 0 Å². The van der Waals surface area contributed by atoms with Gasteiger partial charge in [0.1, 0.15) is 5.75 Å². The third-order valence-corrected chi connectivity index (χ3v) is 4.85. The van der Waals surface area contributed by atoms with Crippen LogP contribution in [0.5, 0.6) is 5.75 Å². The number of nitrogens with zero attached hydrogens (tertiary/aromatic N) is 2. The molecule has 0 fully saturated rings. The Hall–Kier alpha value is -2.54. The van der Waals surface area contributed by atoms with Crippen molar-refractivity contribution in [3.05, 3.63) is 83.4 Å². The van der Waals surface area contributed by atoms with E-state index >= 15 is 0 Å². The van der Waals surface area contributed by atoms with Crippen molar-refractivity contribution in [2.75, 3.05) is 13.7 Å². The molecule has 0 spiro atoms. The van der Waals surface area contributed by atoms with Gasteiger partial charge in [0.15, 0.2) is 0 Å². The Morgan fingerprint density at radius 2 is 1.90 bits per heavy atom. The van der Waals surface area contributed by atoms with Gasteiger partial charge in [0.05, 0.1) is 25.2 Å². The summed E-state index contributed by atoms with van der Waals surface area (Å²) in [5, 5.41) is 2.91. The summed E-state index contributed by atoms with van der Waals surface area (Å²) >= 11 is 0. The van der Waals surface area contributed by atoms with Crippen molar-refractivity contribution in [1.82, 2.24) is 14.9 Å². The summed E-state index contributed by atoms with van der Waals surface area (Å²) in [4.78, 5) is 16.7. The molecule has 0 aliphatic heterocycles. The molecule has 168 valence electrons. The standard InChI is InChI=1S/C23H28N4O2.2ClH/c1-17-8-9-18(12-22(17)29-2)10-11-25-23(28)21(24)13-20-15-27(16-26-20)14-19-6-4-3-5-7-19;;/h3-9,12,15-16,21H,10-11,13-14,24H2,1-2H3,(H,25,28);2*1H/t21-;;/m0../s1. The summed E-state index contributed by atoms with van der Waals surface area (Å²) in [7, 11) is 1.66. The van der Waals surface area contributed by atoms with Crippen molar-refractivity contribution in [2.24, 2.45) is 5.73 Å². The maximum atomic E-state index is 12.3. The normalized spacial score (nSPS) is 11.1. The number of amides is 1. The first-order chi connectivity index (χ1) is 14.0. The number of imidazole rings is 1. The van der Waals surface area contributed by atoms with Crippen LogP contribution in [-0.4, -0.2) is 35.2 Å². The van der Waals surface area contributed by atoms with Gasteiger partial charge in [0, 0.05) is 25.7 Å². The zero-order valence-corrected chi connectivity index (χ0v) is 19.4. The van der Waals surface area contributed by atoms with E-state index in [1.54, 1.807) is 13.4 Å². The second-order valence-electron chi connectivity index (χ2n) is 7.18. The Morgan fingerprint density at radius 1 is 1.16 bits per heavy atom. The molecule has 1 aromatic heterocycles. The van der Waals surface area contributed by atoms with Gasteiger partial charge in [-0.05, 0) is 36.1 Å². The Labute approximate surface area is 196 Å². The maximum Gasteiger partial charge on any atom is 0.237 e. The smallest absolute Gasteiger partial charge is 0.237 e. The lowest BCUT2D eigenvalue weighted by molar-refractivity contribution is -0.122. The summed E-state index contributed by atoms with van der Waals surface area (Å²) in [5.41, 5.74) is 10.3. The molecule has 0 bridgehead atoms. The molecule has 0 saturated heterocycles. The lowest BCUT2D eigenvalue weighted by Gasteiger charge is -2.12. The van der Waals surface area contributed by atoms with Gasteiger partial charge in [0.2, 0.25) is 5.91 Å². The number of rotatable bonds is 9. The molecule has 3 rings (SSSR count). The average molecular weight is 465 g/mol. The molecule has 2 aromatic carbocycles. The molecule has 31 heavy (non-hydrogen) atoms. The molecule has 0 radical (unpaired) electrons. The van der Waals surface area contributed by atoms with Crippen molar-refractivity contribution in [3.63, 3.8) is 0 Å². The second-order valence-corrected chi connectivity index (χ2v) is 7.18. The number of hydrogen-bond donors (Lipinski definition) is 2. The Kier molecular flexibility index (Phi) is 11.1. The maximum absolute atomic E-state index is 12.3. The summed E-state index contributed by atoms with van der Waals surface area (Å²) in [5.74, 6) is 0.693. The molecule has 1 atom stereocenters. The van der Waals surface area contributed by atoms with Crippen molar-refractivity contribution < 1.29 is 9.53 Å².